The van der Waals surface area contributed by atoms with E-state index in [0.29, 0.717) is 13.2 Å². The second-order valence-electron chi connectivity index (χ2n) is 3.27. The van der Waals surface area contributed by atoms with Gasteiger partial charge in [-0.15, -0.1) is 0 Å². The molecule has 0 atom stereocenters. The van der Waals surface area contributed by atoms with Crippen molar-refractivity contribution in [3.63, 3.8) is 0 Å². The highest BCUT2D eigenvalue weighted by atomic mass is 16.5. The fraction of sp³-hybridized carbons (Fsp3) is 0.900. The molecule has 0 saturated carbocycles. The number of ether oxygens (including phenoxy) is 1. The molecule has 0 bridgehead atoms. The highest BCUT2D eigenvalue weighted by Gasteiger charge is 1.98. The number of alkyl carbamates (subject to hydrolysis) is 1. The lowest BCUT2D eigenvalue weighted by atomic mass is 10.2. The molecule has 84 valence electrons. The molecule has 0 rings (SSSR count). The molecule has 0 aliphatic carbocycles. The lowest BCUT2D eigenvalue weighted by Crippen LogP contribution is -2.25. The minimum absolute atomic E-state index is 0.300. The predicted molar refractivity (Wildman–Crippen MR) is 57.2 cm³/mol. The van der Waals surface area contributed by atoms with Crippen LogP contribution in [0.25, 0.3) is 0 Å². The van der Waals surface area contributed by atoms with Crippen LogP contribution >= 0.6 is 0 Å². The molecule has 0 spiro atoms. The quantitative estimate of drug-likeness (QED) is 0.588. The van der Waals surface area contributed by atoms with Gasteiger partial charge in [0, 0.05) is 6.54 Å². The van der Waals surface area contributed by atoms with E-state index in [4.69, 9.17) is 10.5 Å². The summed E-state index contributed by atoms with van der Waals surface area (Å²) in [6, 6.07) is 0. The molecule has 0 heterocycles. The molecular formula is C10H22N2O2. The van der Waals surface area contributed by atoms with E-state index in [2.05, 4.69) is 12.2 Å². The Morgan fingerprint density at radius 1 is 1.29 bits per heavy atom. The molecule has 14 heavy (non-hydrogen) atoms. The highest BCUT2D eigenvalue weighted by Crippen LogP contribution is 1.92. The Hall–Kier alpha value is -0.770. The molecule has 0 unspecified atom stereocenters. The average molecular weight is 202 g/mol. The van der Waals surface area contributed by atoms with Crippen LogP contribution in [0.4, 0.5) is 4.79 Å². The number of rotatable bonds is 8. The van der Waals surface area contributed by atoms with Gasteiger partial charge in [0.2, 0.25) is 0 Å². The summed E-state index contributed by atoms with van der Waals surface area (Å²) in [4.78, 5) is 11.0. The third kappa shape index (κ3) is 9.32. The first-order chi connectivity index (χ1) is 6.81. The van der Waals surface area contributed by atoms with E-state index >= 15 is 0 Å². The SMILES string of the molecule is CCCCOC(=O)NCCCCCN. The summed E-state index contributed by atoms with van der Waals surface area (Å²) in [6.45, 7) is 3.99. The summed E-state index contributed by atoms with van der Waals surface area (Å²) in [5, 5.41) is 2.70. The Morgan fingerprint density at radius 3 is 2.71 bits per heavy atom. The number of hydrogen-bond donors (Lipinski definition) is 2. The monoisotopic (exact) mass is 202 g/mol. The number of nitrogens with two attached hydrogens (primary N) is 1. The normalized spacial score (nSPS) is 9.86. The van der Waals surface area contributed by atoms with Crippen LogP contribution in [0.5, 0.6) is 0 Å². The molecule has 0 aromatic rings. The van der Waals surface area contributed by atoms with Crippen LogP contribution in [0.3, 0.4) is 0 Å². The van der Waals surface area contributed by atoms with Gasteiger partial charge in [-0.25, -0.2) is 4.79 Å². The van der Waals surface area contributed by atoms with Crippen LogP contribution in [0, 0.1) is 0 Å². The van der Waals surface area contributed by atoms with Crippen molar-refractivity contribution in [3.8, 4) is 0 Å². The molecule has 4 nitrogen and oxygen atoms in total. The molecule has 4 heteroatoms. The summed E-state index contributed by atoms with van der Waals surface area (Å²) in [5.41, 5.74) is 5.34. The smallest absolute Gasteiger partial charge is 0.407 e. The number of unbranched alkanes of at least 4 members (excludes halogenated alkanes) is 3. The summed E-state index contributed by atoms with van der Waals surface area (Å²) in [6.07, 6.45) is 4.73. The topological polar surface area (TPSA) is 64.3 Å². The van der Waals surface area contributed by atoms with Crippen LogP contribution < -0.4 is 11.1 Å². The lowest BCUT2D eigenvalue weighted by molar-refractivity contribution is 0.144. The van der Waals surface area contributed by atoms with E-state index in [1.54, 1.807) is 0 Å². The van der Waals surface area contributed by atoms with Gasteiger partial charge in [-0.3, -0.25) is 0 Å². The molecule has 0 aromatic heterocycles. The summed E-state index contributed by atoms with van der Waals surface area (Å²) >= 11 is 0. The van der Waals surface area contributed by atoms with Crippen LogP contribution in [0.1, 0.15) is 39.0 Å². The van der Waals surface area contributed by atoms with Crippen molar-refractivity contribution >= 4 is 6.09 Å². The molecule has 0 aromatic carbocycles. The van der Waals surface area contributed by atoms with Crippen LogP contribution in [-0.2, 0) is 4.74 Å². The molecule has 1 amide bonds. The maximum absolute atomic E-state index is 11.0. The standard InChI is InChI=1S/C10H22N2O2/c1-2-3-9-14-10(13)12-8-6-4-5-7-11/h2-9,11H2,1H3,(H,12,13). The maximum Gasteiger partial charge on any atom is 0.407 e. The molecule has 0 saturated heterocycles. The second kappa shape index (κ2) is 10.3. The first-order valence-electron chi connectivity index (χ1n) is 5.42. The van der Waals surface area contributed by atoms with Gasteiger partial charge >= 0.3 is 6.09 Å². The third-order valence-electron chi connectivity index (χ3n) is 1.88. The van der Waals surface area contributed by atoms with Gasteiger partial charge in [-0.05, 0) is 25.8 Å². The first-order valence-corrected chi connectivity index (χ1v) is 5.42. The van der Waals surface area contributed by atoms with Crippen molar-refractivity contribution in [2.75, 3.05) is 19.7 Å². The fourth-order valence-electron chi connectivity index (χ4n) is 0.997. The maximum atomic E-state index is 11.0. The summed E-state index contributed by atoms with van der Waals surface area (Å²) < 4.78 is 4.91. The van der Waals surface area contributed by atoms with Gasteiger partial charge in [-0.1, -0.05) is 19.8 Å². The Labute approximate surface area is 86.2 Å². The van der Waals surface area contributed by atoms with Gasteiger partial charge < -0.3 is 15.8 Å². The molecule has 3 N–H and O–H groups in total. The van der Waals surface area contributed by atoms with Crippen molar-refractivity contribution in [2.24, 2.45) is 5.73 Å². The first kappa shape index (κ1) is 13.2. The molecular weight excluding hydrogens is 180 g/mol. The summed E-state index contributed by atoms with van der Waals surface area (Å²) in [5.74, 6) is 0. The second-order valence-corrected chi connectivity index (χ2v) is 3.27. The predicted octanol–water partition coefficient (Wildman–Crippen LogP) is 1.64. The van der Waals surface area contributed by atoms with E-state index < -0.39 is 0 Å². The average Bonchev–Trinajstić information content (AvgIpc) is 2.18. The fourth-order valence-corrected chi connectivity index (χ4v) is 0.997. The van der Waals surface area contributed by atoms with Crippen LogP contribution in [-0.4, -0.2) is 25.8 Å². The van der Waals surface area contributed by atoms with Crippen molar-refractivity contribution in [1.29, 1.82) is 0 Å². The Bertz CT molecular complexity index is 140. The number of hydrogen-bond acceptors (Lipinski definition) is 3. The van der Waals surface area contributed by atoms with Crippen molar-refractivity contribution in [1.82, 2.24) is 5.32 Å². The number of carbonyl (C=O) groups is 1. The number of nitrogens with one attached hydrogen (secondary N) is 1. The Balaban J connectivity index is 3.10. The summed E-state index contributed by atoms with van der Waals surface area (Å²) in [7, 11) is 0. The van der Waals surface area contributed by atoms with Crippen LogP contribution in [0.15, 0.2) is 0 Å². The zero-order chi connectivity index (χ0) is 10.6. The van der Waals surface area contributed by atoms with Gasteiger partial charge in [-0.2, -0.15) is 0 Å². The van der Waals surface area contributed by atoms with E-state index in [0.717, 1.165) is 38.6 Å². The minimum atomic E-state index is -0.300. The van der Waals surface area contributed by atoms with E-state index in [-0.39, 0.29) is 6.09 Å². The van der Waals surface area contributed by atoms with Gasteiger partial charge in [0.15, 0.2) is 0 Å². The van der Waals surface area contributed by atoms with Crippen molar-refractivity contribution in [2.45, 2.75) is 39.0 Å². The largest absolute Gasteiger partial charge is 0.450 e. The minimum Gasteiger partial charge on any atom is -0.450 e. The highest BCUT2D eigenvalue weighted by molar-refractivity contribution is 5.66. The van der Waals surface area contributed by atoms with E-state index in [9.17, 15) is 4.79 Å². The van der Waals surface area contributed by atoms with Gasteiger partial charge in [0.25, 0.3) is 0 Å². The zero-order valence-corrected chi connectivity index (χ0v) is 9.05. The van der Waals surface area contributed by atoms with Gasteiger partial charge in [0.05, 0.1) is 6.61 Å². The molecule has 0 aliphatic rings. The third-order valence-corrected chi connectivity index (χ3v) is 1.88. The number of carbonyl (C=O) groups excluding carboxylic acids is 1. The Morgan fingerprint density at radius 2 is 2.07 bits per heavy atom. The van der Waals surface area contributed by atoms with Crippen molar-refractivity contribution in [3.05, 3.63) is 0 Å². The number of amides is 1. The molecule has 0 aliphatic heterocycles. The van der Waals surface area contributed by atoms with Gasteiger partial charge in [0.1, 0.15) is 0 Å². The van der Waals surface area contributed by atoms with E-state index in [1.807, 2.05) is 0 Å². The molecule has 0 fully saturated rings. The van der Waals surface area contributed by atoms with Crippen LogP contribution in [0.2, 0.25) is 0 Å². The lowest BCUT2D eigenvalue weighted by Gasteiger charge is -2.05. The van der Waals surface area contributed by atoms with Crippen molar-refractivity contribution < 1.29 is 9.53 Å². The van der Waals surface area contributed by atoms with E-state index in [1.165, 1.54) is 0 Å². The Kier molecular flexibility index (Phi) is 9.74. The zero-order valence-electron chi connectivity index (χ0n) is 9.05. The molecule has 0 radical (unpaired) electrons.